The molecule has 4 aromatic rings. The Bertz CT molecular complexity index is 1190. The molecule has 0 spiro atoms. The van der Waals surface area contributed by atoms with Gasteiger partial charge in [0.15, 0.2) is 0 Å². The average molecular weight is 385 g/mol. The fourth-order valence-electron chi connectivity index (χ4n) is 4.33. The number of amides is 1. The van der Waals surface area contributed by atoms with Crippen LogP contribution >= 0.6 is 0 Å². The highest BCUT2D eigenvalue weighted by atomic mass is 16.2. The molecule has 5 rings (SSSR count). The van der Waals surface area contributed by atoms with Crippen LogP contribution in [0, 0.1) is 6.92 Å². The van der Waals surface area contributed by atoms with Crippen LogP contribution in [0.4, 0.5) is 0 Å². The summed E-state index contributed by atoms with van der Waals surface area (Å²) in [7, 11) is 1.98. The normalized spacial score (nSPS) is 16.2. The first kappa shape index (κ1) is 17.7. The molecule has 0 N–H and O–H groups in total. The number of para-hydroxylation sites is 1. The van der Waals surface area contributed by atoms with Crippen molar-refractivity contribution in [3.05, 3.63) is 83.6 Å². The topological polar surface area (TPSA) is 56.0 Å². The number of aryl methyl sites for hydroxylation is 2. The molecular weight excluding hydrogens is 362 g/mol. The number of carbonyl (C=O) groups excluding carboxylic acids is 1. The van der Waals surface area contributed by atoms with Crippen molar-refractivity contribution < 1.29 is 4.79 Å². The molecule has 1 amide bonds. The maximum Gasteiger partial charge on any atom is 0.256 e. The second-order valence-electron chi connectivity index (χ2n) is 7.62. The number of benzene rings is 2. The van der Waals surface area contributed by atoms with Crippen molar-refractivity contribution in [2.75, 3.05) is 6.54 Å². The van der Waals surface area contributed by atoms with E-state index in [1.165, 1.54) is 5.56 Å². The molecule has 0 fully saturated rings. The van der Waals surface area contributed by atoms with Crippen molar-refractivity contribution in [1.29, 1.82) is 0 Å². The SMILES string of the molecule is Cc1nc2n(n1)CCN(C(=O)c1cn(C)c3ccccc13)[C@H]2Cc1ccccc1. The van der Waals surface area contributed by atoms with E-state index in [-0.39, 0.29) is 11.9 Å². The molecule has 6 nitrogen and oxygen atoms in total. The Morgan fingerprint density at radius 1 is 1.07 bits per heavy atom. The molecule has 0 radical (unpaired) electrons. The summed E-state index contributed by atoms with van der Waals surface area (Å²) in [5, 5.41) is 5.51. The summed E-state index contributed by atoms with van der Waals surface area (Å²) in [6.07, 6.45) is 2.66. The number of carbonyl (C=O) groups is 1. The Hall–Kier alpha value is -3.41. The first-order valence-corrected chi connectivity index (χ1v) is 9.92. The third-order valence-corrected chi connectivity index (χ3v) is 5.69. The number of hydrogen-bond acceptors (Lipinski definition) is 3. The van der Waals surface area contributed by atoms with E-state index >= 15 is 0 Å². The fraction of sp³-hybridized carbons (Fsp3) is 0.261. The summed E-state index contributed by atoms with van der Waals surface area (Å²) in [6, 6.07) is 18.2. The molecule has 1 aliphatic rings. The van der Waals surface area contributed by atoms with E-state index in [2.05, 4.69) is 22.2 Å². The van der Waals surface area contributed by atoms with Gasteiger partial charge in [-0.05, 0) is 18.6 Å². The zero-order valence-corrected chi connectivity index (χ0v) is 16.6. The van der Waals surface area contributed by atoms with Gasteiger partial charge in [0.25, 0.3) is 5.91 Å². The predicted octanol–water partition coefficient (Wildman–Crippen LogP) is 3.52. The van der Waals surface area contributed by atoms with Crippen molar-refractivity contribution in [2.24, 2.45) is 7.05 Å². The van der Waals surface area contributed by atoms with Crippen molar-refractivity contribution in [1.82, 2.24) is 24.2 Å². The quantitative estimate of drug-likeness (QED) is 0.542. The van der Waals surface area contributed by atoms with Gasteiger partial charge in [0, 0.05) is 37.1 Å². The lowest BCUT2D eigenvalue weighted by molar-refractivity contribution is 0.0610. The highest BCUT2D eigenvalue weighted by Crippen LogP contribution is 2.31. The largest absolute Gasteiger partial charge is 0.350 e. The molecule has 6 heteroatoms. The second kappa shape index (κ2) is 6.88. The number of hydrogen-bond donors (Lipinski definition) is 0. The average Bonchev–Trinajstić information content (AvgIpc) is 3.28. The van der Waals surface area contributed by atoms with Crippen LogP contribution in [0.1, 0.15) is 33.6 Å². The minimum absolute atomic E-state index is 0.0506. The Balaban J connectivity index is 1.57. The van der Waals surface area contributed by atoms with Crippen LogP contribution in [0.25, 0.3) is 10.9 Å². The lowest BCUT2D eigenvalue weighted by Gasteiger charge is -2.35. The van der Waals surface area contributed by atoms with Gasteiger partial charge in [-0.2, -0.15) is 5.10 Å². The van der Waals surface area contributed by atoms with Gasteiger partial charge in [0.05, 0.1) is 18.2 Å². The van der Waals surface area contributed by atoms with E-state index in [9.17, 15) is 4.79 Å². The highest BCUT2D eigenvalue weighted by Gasteiger charge is 2.35. The standard InChI is InChI=1S/C23H23N5O/c1-16-24-22-21(14-17-8-4-3-5-9-17)27(12-13-28(22)25-16)23(29)19-15-26(2)20-11-7-6-10-18(19)20/h3-11,15,21H,12-14H2,1-2H3/t21-/m0/s1. The summed E-state index contributed by atoms with van der Waals surface area (Å²) >= 11 is 0. The Morgan fingerprint density at radius 3 is 2.66 bits per heavy atom. The minimum Gasteiger partial charge on any atom is -0.350 e. The van der Waals surface area contributed by atoms with Gasteiger partial charge in [-0.3, -0.25) is 4.79 Å². The zero-order chi connectivity index (χ0) is 20.0. The van der Waals surface area contributed by atoms with E-state index in [1.54, 1.807) is 0 Å². The first-order valence-electron chi connectivity index (χ1n) is 9.92. The van der Waals surface area contributed by atoms with Crippen LogP contribution in [0.15, 0.2) is 60.8 Å². The van der Waals surface area contributed by atoms with Crippen LogP contribution in [0.2, 0.25) is 0 Å². The molecule has 0 saturated carbocycles. The minimum atomic E-state index is -0.140. The smallest absolute Gasteiger partial charge is 0.256 e. The van der Waals surface area contributed by atoms with Crippen LogP contribution in [-0.4, -0.2) is 36.7 Å². The van der Waals surface area contributed by atoms with Crippen molar-refractivity contribution in [2.45, 2.75) is 25.9 Å². The molecule has 0 bridgehead atoms. The van der Waals surface area contributed by atoms with Gasteiger partial charge < -0.3 is 9.47 Å². The molecular formula is C23H23N5O. The Kier molecular flexibility index (Phi) is 4.19. The van der Waals surface area contributed by atoms with E-state index in [0.29, 0.717) is 13.1 Å². The first-order chi connectivity index (χ1) is 14.1. The lowest BCUT2D eigenvalue weighted by atomic mass is 10.0. The summed E-state index contributed by atoms with van der Waals surface area (Å²) in [5.41, 5.74) is 2.99. The van der Waals surface area contributed by atoms with Gasteiger partial charge >= 0.3 is 0 Å². The van der Waals surface area contributed by atoms with E-state index in [4.69, 9.17) is 0 Å². The van der Waals surface area contributed by atoms with Gasteiger partial charge in [0.2, 0.25) is 0 Å². The van der Waals surface area contributed by atoms with Gasteiger partial charge in [0.1, 0.15) is 11.6 Å². The van der Waals surface area contributed by atoms with E-state index < -0.39 is 0 Å². The van der Waals surface area contributed by atoms with Crippen molar-refractivity contribution >= 4 is 16.8 Å². The Morgan fingerprint density at radius 2 is 1.83 bits per heavy atom. The molecule has 146 valence electrons. The monoisotopic (exact) mass is 385 g/mol. The van der Waals surface area contributed by atoms with Gasteiger partial charge in [-0.25, -0.2) is 9.67 Å². The molecule has 0 aliphatic carbocycles. The maximum atomic E-state index is 13.7. The summed E-state index contributed by atoms with van der Waals surface area (Å²) < 4.78 is 3.97. The second-order valence-corrected chi connectivity index (χ2v) is 7.62. The molecule has 2 aromatic heterocycles. The van der Waals surface area contributed by atoms with Gasteiger partial charge in [-0.15, -0.1) is 0 Å². The van der Waals surface area contributed by atoms with Crippen molar-refractivity contribution in [3.63, 3.8) is 0 Å². The molecule has 1 atom stereocenters. The van der Waals surface area contributed by atoms with Crippen LogP contribution in [-0.2, 0) is 20.0 Å². The zero-order valence-electron chi connectivity index (χ0n) is 16.6. The number of fused-ring (bicyclic) bond motifs is 2. The van der Waals surface area contributed by atoms with Crippen LogP contribution < -0.4 is 0 Å². The third kappa shape index (κ3) is 3.01. The summed E-state index contributed by atoms with van der Waals surface area (Å²) in [4.78, 5) is 20.3. The maximum absolute atomic E-state index is 13.7. The highest BCUT2D eigenvalue weighted by molar-refractivity contribution is 6.07. The summed E-state index contributed by atoms with van der Waals surface area (Å²) in [6.45, 7) is 3.19. The lowest BCUT2D eigenvalue weighted by Crippen LogP contribution is -2.43. The molecule has 0 saturated heterocycles. The van der Waals surface area contributed by atoms with Crippen molar-refractivity contribution in [3.8, 4) is 0 Å². The number of aromatic nitrogens is 4. The van der Waals surface area contributed by atoms with Gasteiger partial charge in [-0.1, -0.05) is 48.5 Å². The van der Waals surface area contributed by atoms with Crippen LogP contribution in [0.3, 0.4) is 0 Å². The molecule has 29 heavy (non-hydrogen) atoms. The predicted molar refractivity (Wildman–Crippen MR) is 112 cm³/mol. The summed E-state index contributed by atoms with van der Waals surface area (Å²) in [5.74, 6) is 1.67. The van der Waals surface area contributed by atoms with Crippen LogP contribution in [0.5, 0.6) is 0 Å². The molecule has 0 unspecified atom stereocenters. The molecule has 2 aromatic carbocycles. The molecule has 1 aliphatic heterocycles. The number of rotatable bonds is 3. The van der Waals surface area contributed by atoms with E-state index in [1.807, 2.05) is 76.8 Å². The van der Waals surface area contributed by atoms with E-state index in [0.717, 1.165) is 34.5 Å². The number of nitrogens with zero attached hydrogens (tertiary/aromatic N) is 5. The molecule has 3 heterocycles. The Labute approximate surface area is 169 Å². The third-order valence-electron chi connectivity index (χ3n) is 5.69. The fourth-order valence-corrected chi connectivity index (χ4v) is 4.33.